The van der Waals surface area contributed by atoms with Gasteiger partial charge in [-0.3, -0.25) is 9.36 Å². The molecule has 0 aliphatic carbocycles. The van der Waals surface area contributed by atoms with Crippen molar-refractivity contribution in [1.29, 1.82) is 0 Å². The zero-order valence-electron chi connectivity index (χ0n) is 39.4. The number of carbonyl (C=O) groups is 1. The molecular formula is C51H92NO7P. The van der Waals surface area contributed by atoms with Crippen molar-refractivity contribution >= 4 is 13.8 Å². The predicted octanol–water partition coefficient (Wildman–Crippen LogP) is 14.0. The molecule has 0 aliphatic rings. The molecule has 0 spiro atoms. The van der Waals surface area contributed by atoms with E-state index in [4.69, 9.17) is 18.5 Å². The van der Waals surface area contributed by atoms with Gasteiger partial charge in [0.05, 0.1) is 34.4 Å². The Bertz CT molecular complexity index is 1190. The first-order chi connectivity index (χ1) is 29.1. The van der Waals surface area contributed by atoms with Crippen LogP contribution in [0.5, 0.6) is 0 Å². The molecule has 0 bridgehead atoms. The van der Waals surface area contributed by atoms with Crippen LogP contribution < -0.4 is 4.89 Å². The van der Waals surface area contributed by atoms with E-state index in [0.717, 1.165) is 70.6 Å². The third-order valence-electron chi connectivity index (χ3n) is 9.99. The molecule has 0 saturated heterocycles. The molecule has 0 heterocycles. The fraction of sp³-hybridized carbons (Fsp3) is 0.745. The van der Waals surface area contributed by atoms with Crippen molar-refractivity contribution in [3.05, 3.63) is 72.9 Å². The highest BCUT2D eigenvalue weighted by Gasteiger charge is 2.20. The molecule has 0 aliphatic heterocycles. The Labute approximate surface area is 370 Å². The van der Waals surface area contributed by atoms with Gasteiger partial charge >= 0.3 is 5.97 Å². The summed E-state index contributed by atoms with van der Waals surface area (Å²) in [5.41, 5.74) is 0. The number of phosphoric ester groups is 1. The molecule has 2 atom stereocenters. The summed E-state index contributed by atoms with van der Waals surface area (Å²) in [6.07, 6.45) is 56.3. The zero-order valence-corrected chi connectivity index (χ0v) is 40.3. The third-order valence-corrected chi connectivity index (χ3v) is 11.0. The molecule has 0 amide bonds. The van der Waals surface area contributed by atoms with Gasteiger partial charge in [0.25, 0.3) is 7.82 Å². The summed E-state index contributed by atoms with van der Waals surface area (Å²) < 4.78 is 34.6. The number of likely N-dealkylation sites (N-methyl/N-ethyl adjacent to an activating group) is 1. The monoisotopic (exact) mass is 862 g/mol. The molecule has 348 valence electrons. The number of nitrogens with zero attached hydrogens (tertiary/aromatic N) is 1. The number of ether oxygens (including phenoxy) is 2. The number of esters is 1. The normalized spacial score (nSPS) is 14.3. The van der Waals surface area contributed by atoms with Crippen LogP contribution in [0.2, 0.25) is 0 Å². The topological polar surface area (TPSA) is 94.1 Å². The van der Waals surface area contributed by atoms with Crippen molar-refractivity contribution in [2.45, 2.75) is 193 Å². The highest BCUT2D eigenvalue weighted by molar-refractivity contribution is 7.45. The molecule has 0 aromatic rings. The Morgan fingerprint density at radius 2 is 0.967 bits per heavy atom. The minimum Gasteiger partial charge on any atom is -0.756 e. The smallest absolute Gasteiger partial charge is 0.306 e. The maximum absolute atomic E-state index is 12.7. The lowest BCUT2D eigenvalue weighted by atomic mass is 10.1. The molecular weight excluding hydrogens is 770 g/mol. The van der Waals surface area contributed by atoms with Gasteiger partial charge < -0.3 is 27.9 Å². The Balaban J connectivity index is 4.16. The standard InChI is InChI=1S/C51H92NO7P/c1-6-8-10-12-14-16-18-20-21-22-23-24-25-26-27-28-29-30-31-32-34-36-38-40-42-44-51(53)59-50(49-58-60(54,55)57-47-45-52(3,4)5)48-56-46-43-41-39-37-35-33-19-17-15-13-11-9-7-2/h8,10,14-17,20-21,23-24,26-27,50H,6-7,9,11-13,18-19,22,25,28-49H2,1-5H3/b10-8-,16-14-,17-15-,21-20-,24-23-,27-26-. The highest BCUT2D eigenvalue weighted by Crippen LogP contribution is 2.38. The average Bonchev–Trinajstić information content (AvgIpc) is 3.20. The van der Waals surface area contributed by atoms with Gasteiger partial charge in [0.1, 0.15) is 19.3 Å². The fourth-order valence-corrected chi connectivity index (χ4v) is 7.00. The maximum Gasteiger partial charge on any atom is 0.306 e. The van der Waals surface area contributed by atoms with Crippen LogP contribution in [0.3, 0.4) is 0 Å². The summed E-state index contributed by atoms with van der Waals surface area (Å²) in [7, 11) is 1.34. The van der Waals surface area contributed by atoms with Crippen molar-refractivity contribution in [3.8, 4) is 0 Å². The second kappa shape index (κ2) is 43.6. The van der Waals surface area contributed by atoms with Crippen molar-refractivity contribution in [1.82, 2.24) is 0 Å². The van der Waals surface area contributed by atoms with Crippen LogP contribution >= 0.6 is 7.82 Å². The number of carbonyl (C=O) groups excluding carboxylic acids is 1. The van der Waals surface area contributed by atoms with Crippen molar-refractivity contribution < 1.29 is 37.3 Å². The van der Waals surface area contributed by atoms with Gasteiger partial charge in [-0.05, 0) is 83.5 Å². The lowest BCUT2D eigenvalue weighted by Gasteiger charge is -2.28. The van der Waals surface area contributed by atoms with Crippen LogP contribution in [0.15, 0.2) is 72.9 Å². The number of rotatable bonds is 44. The molecule has 8 nitrogen and oxygen atoms in total. The van der Waals surface area contributed by atoms with E-state index in [0.29, 0.717) is 24.1 Å². The second-order valence-electron chi connectivity index (χ2n) is 17.1. The second-order valence-corrected chi connectivity index (χ2v) is 18.5. The Kier molecular flexibility index (Phi) is 42.1. The van der Waals surface area contributed by atoms with Gasteiger partial charge in [0.2, 0.25) is 0 Å². The largest absolute Gasteiger partial charge is 0.756 e. The van der Waals surface area contributed by atoms with Crippen LogP contribution in [0.1, 0.15) is 187 Å². The Hall–Kier alpha value is -2.06. The molecule has 0 radical (unpaired) electrons. The summed E-state index contributed by atoms with van der Waals surface area (Å²) in [5, 5.41) is 0. The first-order valence-corrected chi connectivity index (χ1v) is 25.6. The number of allylic oxidation sites excluding steroid dienone is 12. The van der Waals surface area contributed by atoms with E-state index in [9.17, 15) is 14.3 Å². The Morgan fingerprint density at radius 1 is 0.533 bits per heavy atom. The SMILES string of the molecule is CC/C=C\C/C=C\C/C=C\C/C=C\C/C=C\CCCCCCCCCCCC(=O)OC(COCCCCCCCC/C=C\CCCCC)COP(=O)([O-])OCC[N+](C)(C)C. The van der Waals surface area contributed by atoms with Crippen LogP contribution in [0.4, 0.5) is 0 Å². The van der Waals surface area contributed by atoms with Gasteiger partial charge in [-0.25, -0.2) is 0 Å². The average molecular weight is 862 g/mol. The molecule has 0 saturated carbocycles. The van der Waals surface area contributed by atoms with Crippen LogP contribution in [-0.2, 0) is 27.9 Å². The summed E-state index contributed by atoms with van der Waals surface area (Å²) >= 11 is 0. The predicted molar refractivity (Wildman–Crippen MR) is 254 cm³/mol. The van der Waals surface area contributed by atoms with Gasteiger partial charge in [-0.15, -0.1) is 0 Å². The van der Waals surface area contributed by atoms with E-state index < -0.39 is 13.9 Å². The van der Waals surface area contributed by atoms with Gasteiger partial charge in [-0.2, -0.15) is 0 Å². The lowest BCUT2D eigenvalue weighted by Crippen LogP contribution is -2.37. The van der Waals surface area contributed by atoms with Crippen molar-refractivity contribution in [3.63, 3.8) is 0 Å². The Morgan fingerprint density at radius 3 is 1.47 bits per heavy atom. The van der Waals surface area contributed by atoms with Gasteiger partial charge in [0.15, 0.2) is 0 Å². The minimum atomic E-state index is -4.53. The van der Waals surface area contributed by atoms with Gasteiger partial charge in [-0.1, -0.05) is 170 Å². The molecule has 0 aromatic carbocycles. The van der Waals surface area contributed by atoms with E-state index >= 15 is 0 Å². The van der Waals surface area contributed by atoms with E-state index in [1.54, 1.807) is 0 Å². The van der Waals surface area contributed by atoms with E-state index in [1.165, 1.54) is 96.3 Å². The molecule has 0 aromatic heterocycles. The van der Waals surface area contributed by atoms with E-state index in [1.807, 2.05) is 21.1 Å². The highest BCUT2D eigenvalue weighted by atomic mass is 31.2. The molecule has 2 unspecified atom stereocenters. The molecule has 60 heavy (non-hydrogen) atoms. The number of unbranched alkanes of at least 4 members (excludes halogenated alkanes) is 18. The van der Waals surface area contributed by atoms with Crippen molar-refractivity contribution in [2.75, 3.05) is 54.1 Å². The number of hydrogen-bond donors (Lipinski definition) is 0. The summed E-state index contributed by atoms with van der Waals surface area (Å²) in [4.78, 5) is 25.1. The quantitative estimate of drug-likeness (QED) is 0.0198. The lowest BCUT2D eigenvalue weighted by molar-refractivity contribution is -0.870. The number of quaternary nitrogens is 1. The minimum absolute atomic E-state index is 0.0206. The van der Waals surface area contributed by atoms with Gasteiger partial charge in [0, 0.05) is 13.0 Å². The zero-order chi connectivity index (χ0) is 44.1. The van der Waals surface area contributed by atoms with Crippen LogP contribution in [-0.4, -0.2) is 70.7 Å². The van der Waals surface area contributed by atoms with Crippen molar-refractivity contribution in [2.24, 2.45) is 0 Å². The number of phosphoric acid groups is 1. The summed E-state index contributed by atoms with van der Waals surface area (Å²) in [6, 6.07) is 0. The first kappa shape index (κ1) is 57.9. The molecule has 0 N–H and O–H groups in total. The molecule has 9 heteroatoms. The van der Waals surface area contributed by atoms with E-state index in [-0.39, 0.29) is 25.8 Å². The first-order valence-electron chi connectivity index (χ1n) is 24.2. The number of hydrogen-bond acceptors (Lipinski definition) is 7. The summed E-state index contributed by atoms with van der Waals surface area (Å²) in [6.45, 7) is 5.25. The van der Waals surface area contributed by atoms with E-state index in [2.05, 4.69) is 86.8 Å². The maximum atomic E-state index is 12.7. The third kappa shape index (κ3) is 47.0. The molecule has 0 rings (SSSR count). The summed E-state index contributed by atoms with van der Waals surface area (Å²) in [5.74, 6) is -0.345. The fourth-order valence-electron chi connectivity index (χ4n) is 6.27. The molecule has 0 fully saturated rings. The van der Waals surface area contributed by atoms with Crippen LogP contribution in [0.25, 0.3) is 0 Å². The van der Waals surface area contributed by atoms with Crippen LogP contribution in [0, 0.1) is 0 Å².